The molecule has 6 atom stereocenters. The Morgan fingerprint density at radius 2 is 1.52 bits per heavy atom. The maximum Gasteiger partial charge on any atom is 0.188 e. The number of carbonyl (C=O) groups excluding carboxylic acids is 2. The molecule has 0 N–H and O–H groups in total. The third-order valence-corrected chi connectivity index (χ3v) is 14.7. The first-order chi connectivity index (χ1) is 29.6. The van der Waals surface area contributed by atoms with Crippen molar-refractivity contribution in [3.63, 3.8) is 0 Å². The molecule has 11 rings (SSSR count). The third kappa shape index (κ3) is 6.56. The molecule has 2 heteroatoms. The topological polar surface area (TPSA) is 34.1 Å². The van der Waals surface area contributed by atoms with Crippen LogP contribution in [-0.2, 0) is 9.59 Å². The fourth-order valence-corrected chi connectivity index (χ4v) is 11.8. The molecule has 60 heavy (non-hydrogen) atoms. The van der Waals surface area contributed by atoms with Crippen LogP contribution < -0.4 is 10.4 Å². The van der Waals surface area contributed by atoms with Gasteiger partial charge in [-0.2, -0.15) is 0 Å². The molecule has 2 nitrogen and oxygen atoms in total. The monoisotopic (exact) mass is 780 g/mol. The van der Waals surface area contributed by atoms with Crippen molar-refractivity contribution in [2.45, 2.75) is 70.1 Å². The number of fused-ring (bicyclic) bond motifs is 6. The minimum absolute atomic E-state index is 0.105. The molecule has 2 aromatic rings. The number of rotatable bonds is 7. The van der Waals surface area contributed by atoms with Crippen molar-refractivity contribution >= 4 is 35.4 Å². The number of allylic oxidation sites excluding steroid dienone is 25. The van der Waals surface area contributed by atoms with Gasteiger partial charge >= 0.3 is 0 Å². The van der Waals surface area contributed by atoms with E-state index in [4.69, 9.17) is 0 Å². The molecular weight excluding hydrogens is 729 g/mol. The summed E-state index contributed by atoms with van der Waals surface area (Å²) in [5, 5.41) is 2.78. The number of carbonyl (C=O) groups is 2. The van der Waals surface area contributed by atoms with E-state index in [9.17, 15) is 9.59 Å². The van der Waals surface area contributed by atoms with Crippen molar-refractivity contribution in [2.75, 3.05) is 0 Å². The van der Waals surface area contributed by atoms with Crippen molar-refractivity contribution in [3.05, 3.63) is 211 Å². The average Bonchev–Trinajstić information content (AvgIpc) is 3.32. The Bertz CT molecular complexity index is 2750. The maximum absolute atomic E-state index is 14.2. The van der Waals surface area contributed by atoms with Crippen LogP contribution in [0.4, 0.5) is 0 Å². The second-order valence-corrected chi connectivity index (χ2v) is 18.1. The third-order valence-electron chi connectivity index (χ3n) is 14.7. The molecule has 0 saturated carbocycles. The van der Waals surface area contributed by atoms with Gasteiger partial charge in [0.15, 0.2) is 11.6 Å². The van der Waals surface area contributed by atoms with Gasteiger partial charge < -0.3 is 0 Å². The first kappa shape index (κ1) is 37.2. The van der Waals surface area contributed by atoms with Crippen molar-refractivity contribution in [1.82, 2.24) is 0 Å². The minimum atomic E-state index is -0.105. The lowest BCUT2D eigenvalue weighted by atomic mass is 9.57. The number of Topliss-reactive ketones (excluding diaryl/α,β-unsaturated/α-hetero) is 2. The van der Waals surface area contributed by atoms with Crippen LogP contribution in [0.1, 0.15) is 86.8 Å². The predicted octanol–water partition coefficient (Wildman–Crippen LogP) is 11.8. The molecule has 0 bridgehead atoms. The van der Waals surface area contributed by atoms with Crippen LogP contribution in [0.2, 0.25) is 0 Å². The lowest BCUT2D eigenvalue weighted by molar-refractivity contribution is -0.118. The molecule has 0 saturated heterocycles. The number of ketones is 2. The molecule has 0 spiro atoms. The van der Waals surface area contributed by atoms with Gasteiger partial charge in [-0.25, -0.2) is 0 Å². The molecule has 9 aliphatic rings. The van der Waals surface area contributed by atoms with Crippen molar-refractivity contribution in [1.29, 1.82) is 0 Å². The van der Waals surface area contributed by atoms with E-state index in [-0.39, 0.29) is 35.2 Å². The van der Waals surface area contributed by atoms with Crippen LogP contribution in [0.15, 0.2) is 184 Å². The highest BCUT2D eigenvalue weighted by atomic mass is 16.1. The van der Waals surface area contributed by atoms with Crippen molar-refractivity contribution in [3.8, 4) is 0 Å². The normalized spacial score (nSPS) is 28.4. The lowest BCUT2D eigenvalue weighted by Crippen LogP contribution is -2.37. The van der Waals surface area contributed by atoms with Crippen LogP contribution in [0, 0.1) is 29.6 Å². The van der Waals surface area contributed by atoms with Gasteiger partial charge in [0.2, 0.25) is 0 Å². The molecule has 9 aliphatic carbocycles. The van der Waals surface area contributed by atoms with E-state index in [2.05, 4.69) is 140 Å². The summed E-state index contributed by atoms with van der Waals surface area (Å²) in [7, 11) is 0. The molecule has 0 fully saturated rings. The zero-order chi connectivity index (χ0) is 40.2. The van der Waals surface area contributed by atoms with E-state index in [1.165, 1.54) is 60.6 Å². The summed E-state index contributed by atoms with van der Waals surface area (Å²) in [6.45, 7) is 0. The molecule has 2 aromatic carbocycles. The largest absolute Gasteiger partial charge is 0.294 e. The zero-order valence-electron chi connectivity index (χ0n) is 34.4. The predicted molar refractivity (Wildman–Crippen MR) is 247 cm³/mol. The second kappa shape index (κ2) is 15.6. The molecule has 0 heterocycles. The number of hydrogen-bond acceptors (Lipinski definition) is 2. The van der Waals surface area contributed by atoms with Gasteiger partial charge in [0.05, 0.1) is 0 Å². The SMILES string of the molecule is O=C(C1=CCCC=C1)C1=CC2=C(c3ccccc3)C3=CC=C(C(=O)C4C=CC=CC4)CC3C(C3=CCC(C4=C5C=Cc6cc7c(cc6C5CC=C4)=CCCC=7)C=C3)C2CC1. The van der Waals surface area contributed by atoms with Gasteiger partial charge in [-0.05, 0) is 154 Å². The van der Waals surface area contributed by atoms with Gasteiger partial charge in [0.1, 0.15) is 0 Å². The highest BCUT2D eigenvalue weighted by molar-refractivity contribution is 6.11. The van der Waals surface area contributed by atoms with Gasteiger partial charge in [0, 0.05) is 28.9 Å². The fourth-order valence-electron chi connectivity index (χ4n) is 11.8. The fraction of sp³-hybridized carbons (Fsp3) is 0.276. The molecule has 0 aliphatic heterocycles. The zero-order valence-corrected chi connectivity index (χ0v) is 34.4. The smallest absolute Gasteiger partial charge is 0.188 e. The first-order valence-electron chi connectivity index (χ1n) is 22.6. The highest BCUT2D eigenvalue weighted by Crippen LogP contribution is 2.57. The Kier molecular flexibility index (Phi) is 9.68. The number of benzene rings is 2. The Hall–Kier alpha value is -5.86. The summed E-state index contributed by atoms with van der Waals surface area (Å²) < 4.78 is 0. The lowest BCUT2D eigenvalue weighted by Gasteiger charge is -2.46. The summed E-state index contributed by atoms with van der Waals surface area (Å²) in [6, 6.07) is 15.7. The first-order valence-corrected chi connectivity index (χ1v) is 22.6. The summed E-state index contributed by atoms with van der Waals surface area (Å²) in [5.41, 5.74) is 14.9. The van der Waals surface area contributed by atoms with Crippen LogP contribution in [0.5, 0.6) is 0 Å². The summed E-state index contributed by atoms with van der Waals surface area (Å²) in [4.78, 5) is 28.3. The van der Waals surface area contributed by atoms with Crippen LogP contribution in [-0.4, -0.2) is 11.6 Å². The van der Waals surface area contributed by atoms with Crippen molar-refractivity contribution < 1.29 is 9.59 Å². The average molecular weight is 781 g/mol. The van der Waals surface area contributed by atoms with Gasteiger partial charge in [-0.1, -0.05) is 152 Å². The molecule has 0 aromatic heterocycles. The van der Waals surface area contributed by atoms with E-state index in [1.54, 1.807) is 0 Å². The van der Waals surface area contributed by atoms with E-state index in [0.717, 1.165) is 80.9 Å². The summed E-state index contributed by atoms with van der Waals surface area (Å²) >= 11 is 0. The molecule has 6 unspecified atom stereocenters. The summed E-state index contributed by atoms with van der Waals surface area (Å²) in [5.74, 6) is 1.60. The van der Waals surface area contributed by atoms with Gasteiger partial charge in [-0.15, -0.1) is 0 Å². The molecule has 0 radical (unpaired) electrons. The van der Waals surface area contributed by atoms with E-state index in [0.29, 0.717) is 11.8 Å². The van der Waals surface area contributed by atoms with Crippen molar-refractivity contribution in [2.24, 2.45) is 29.6 Å². The van der Waals surface area contributed by atoms with Crippen LogP contribution in [0.25, 0.3) is 23.8 Å². The quantitative estimate of drug-likeness (QED) is 0.280. The molecule has 296 valence electrons. The van der Waals surface area contributed by atoms with Gasteiger partial charge in [-0.3, -0.25) is 9.59 Å². The Balaban J connectivity index is 0.981. The minimum Gasteiger partial charge on any atom is -0.294 e. The second-order valence-electron chi connectivity index (χ2n) is 18.1. The number of hydrogen-bond donors (Lipinski definition) is 0. The Labute approximate surface area is 354 Å². The van der Waals surface area contributed by atoms with Crippen LogP contribution >= 0.6 is 0 Å². The molecule has 0 amide bonds. The standard InChI is InChI=1S/C58H52O2/c59-57(40-15-6-2-7-16-40)45-29-32-51-53(35-45)55(38-13-4-1-5-14-38)50-31-28-46(58(60)41-17-8-3-9-18-41)36-54(50)56(51)39-25-23-37(24-26-39)47-21-12-22-48-49(47)30-27-44-33-42-19-10-11-20-43(42)34-52(44)48/h1,3-6,8-9,12-17,19-21,23,25-28,30-31,33-35,37,41,48,51,54,56H,2,7,10-11,18,22,24,29,32,36H2. The van der Waals surface area contributed by atoms with Crippen LogP contribution in [0.3, 0.4) is 0 Å². The van der Waals surface area contributed by atoms with Gasteiger partial charge in [0.25, 0.3) is 0 Å². The maximum atomic E-state index is 14.2. The van der Waals surface area contributed by atoms with E-state index in [1.807, 2.05) is 18.2 Å². The Morgan fingerprint density at radius 1 is 0.650 bits per heavy atom. The molecular formula is C58H52O2. The highest BCUT2D eigenvalue weighted by Gasteiger charge is 2.46. The van der Waals surface area contributed by atoms with E-state index < -0.39 is 0 Å². The summed E-state index contributed by atoms with van der Waals surface area (Å²) in [6.07, 6.45) is 52.4. The van der Waals surface area contributed by atoms with E-state index >= 15 is 0 Å². The Morgan fingerprint density at radius 3 is 2.32 bits per heavy atom.